The van der Waals surface area contributed by atoms with Gasteiger partial charge in [0, 0.05) is 0 Å². The van der Waals surface area contributed by atoms with Crippen LogP contribution in [0.5, 0.6) is 0 Å². The molecule has 4 rings (SSSR count). The van der Waals surface area contributed by atoms with Gasteiger partial charge in [0.1, 0.15) is 0 Å². The summed E-state index contributed by atoms with van der Waals surface area (Å²) in [5.41, 5.74) is 3.20. The van der Waals surface area contributed by atoms with E-state index in [1.165, 1.54) is 32.7 Å². The Bertz CT molecular complexity index is 1080. The Kier molecular flexibility index (Phi) is 11.9. The van der Waals surface area contributed by atoms with Crippen molar-refractivity contribution < 1.29 is 51.0 Å². The van der Waals surface area contributed by atoms with Gasteiger partial charge >= 0.3 is 26.2 Å². The van der Waals surface area contributed by atoms with Crippen molar-refractivity contribution in [2.24, 2.45) is 5.92 Å². The van der Waals surface area contributed by atoms with Gasteiger partial charge in [0.25, 0.3) is 0 Å². The summed E-state index contributed by atoms with van der Waals surface area (Å²) in [6.07, 6.45) is 7.81. The summed E-state index contributed by atoms with van der Waals surface area (Å²) in [5.74, 6) is 0.557. The monoisotopic (exact) mass is 588 g/mol. The van der Waals surface area contributed by atoms with Gasteiger partial charge in [-0.05, 0) is 18.9 Å². The Balaban J connectivity index is 0.000000721. The fourth-order valence-corrected chi connectivity index (χ4v) is 5.25. The molecular weight excluding hydrogens is 551 g/mol. The third-order valence-electron chi connectivity index (χ3n) is 6.24. The van der Waals surface area contributed by atoms with E-state index < -0.39 is 8.07 Å². The first kappa shape index (κ1) is 33.5. The molecule has 0 spiro atoms. The van der Waals surface area contributed by atoms with Crippen LogP contribution in [0, 0.1) is 12.0 Å². The maximum absolute atomic E-state index is 3.29. The first-order valence-electron chi connectivity index (χ1n) is 11.6. The molecular formula is C30H40Cl2SiZr. The van der Waals surface area contributed by atoms with Crippen LogP contribution in [-0.2, 0) is 37.0 Å². The van der Waals surface area contributed by atoms with Gasteiger partial charge in [0.05, 0.1) is 0 Å². The number of benzene rings is 2. The minimum Gasteiger partial charge on any atom is -1.00 e. The van der Waals surface area contributed by atoms with Crippen molar-refractivity contribution in [1.29, 1.82) is 0 Å². The second-order valence-corrected chi connectivity index (χ2v) is 17.3. The fraction of sp³-hybridized carbons (Fsp3) is 0.433. The average Bonchev–Trinajstić information content (AvgIpc) is 3.23. The van der Waals surface area contributed by atoms with Crippen molar-refractivity contribution in [3.63, 3.8) is 0 Å². The normalized spacial score (nSPS) is 15.6. The van der Waals surface area contributed by atoms with E-state index in [4.69, 9.17) is 0 Å². The van der Waals surface area contributed by atoms with Crippen LogP contribution in [0.1, 0.15) is 59.6 Å². The minimum atomic E-state index is -1.02. The molecule has 0 N–H and O–H groups in total. The molecule has 3 aromatic rings. The van der Waals surface area contributed by atoms with Crippen LogP contribution >= 0.6 is 0 Å². The molecule has 1 aliphatic carbocycles. The van der Waals surface area contributed by atoms with Crippen LogP contribution in [0.25, 0.3) is 21.5 Å². The molecule has 0 saturated carbocycles. The number of rotatable bonds is 1. The van der Waals surface area contributed by atoms with Gasteiger partial charge in [-0.3, -0.25) is 6.08 Å². The zero-order chi connectivity index (χ0) is 23.2. The number of hydrogen-bond donors (Lipinski definition) is 0. The predicted octanol–water partition coefficient (Wildman–Crippen LogP) is 3.11. The summed E-state index contributed by atoms with van der Waals surface area (Å²) >= 11 is 0. The first-order chi connectivity index (χ1) is 14.2. The molecule has 0 heterocycles. The van der Waals surface area contributed by atoms with Gasteiger partial charge in [-0.1, -0.05) is 109 Å². The summed E-state index contributed by atoms with van der Waals surface area (Å²) in [5, 5.41) is 7.04. The van der Waals surface area contributed by atoms with E-state index in [1.54, 1.807) is 5.20 Å². The van der Waals surface area contributed by atoms with Crippen molar-refractivity contribution in [3.05, 3.63) is 77.0 Å². The van der Waals surface area contributed by atoms with E-state index in [0.717, 1.165) is 0 Å². The van der Waals surface area contributed by atoms with E-state index >= 15 is 0 Å². The van der Waals surface area contributed by atoms with Gasteiger partial charge in [-0.25, -0.2) is 11.3 Å². The van der Waals surface area contributed by atoms with E-state index in [-0.39, 0.29) is 61.8 Å². The number of hydrogen-bond acceptors (Lipinski definition) is 0. The Morgan fingerprint density at radius 1 is 0.765 bits per heavy atom. The minimum absolute atomic E-state index is 0. The number of fused-ring (bicyclic) bond motifs is 3. The Hall–Kier alpha value is -0.530. The summed E-state index contributed by atoms with van der Waals surface area (Å²) in [6, 6.07) is 16.1. The van der Waals surface area contributed by atoms with Crippen LogP contribution in [0.2, 0.25) is 19.6 Å². The smallest absolute Gasteiger partial charge is 1.00 e. The topological polar surface area (TPSA) is 0 Å². The van der Waals surface area contributed by atoms with Crippen LogP contribution in [0.4, 0.5) is 0 Å². The first-order valence-corrected chi connectivity index (χ1v) is 15.1. The molecule has 34 heavy (non-hydrogen) atoms. The third kappa shape index (κ3) is 7.99. The quantitative estimate of drug-likeness (QED) is 0.302. The summed E-state index contributed by atoms with van der Waals surface area (Å²) in [4.78, 5) is 0. The van der Waals surface area contributed by atoms with Crippen molar-refractivity contribution in [2.45, 2.75) is 78.9 Å². The SMILES string of the molecule is CC(C)(C)c1ccc2[cH-]c3ccc(C(C)(C)C)cc3c2c1.CC1[C-]=CC([Si](C)(C)C)=C1.[Cl-].[Cl-].[Zr+4]. The van der Waals surface area contributed by atoms with E-state index in [0.29, 0.717) is 5.92 Å². The van der Waals surface area contributed by atoms with Crippen LogP contribution in [0.15, 0.2) is 59.8 Å². The van der Waals surface area contributed by atoms with Crippen molar-refractivity contribution in [1.82, 2.24) is 0 Å². The molecule has 1 atom stereocenters. The van der Waals surface area contributed by atoms with Gasteiger partial charge in [-0.15, -0.1) is 39.7 Å². The molecule has 3 aromatic carbocycles. The molecule has 0 saturated heterocycles. The van der Waals surface area contributed by atoms with Gasteiger partial charge in [0.2, 0.25) is 0 Å². The Morgan fingerprint density at radius 3 is 1.44 bits per heavy atom. The zero-order valence-electron chi connectivity index (χ0n) is 22.5. The van der Waals surface area contributed by atoms with Crippen molar-refractivity contribution in [2.75, 3.05) is 0 Å². The summed E-state index contributed by atoms with van der Waals surface area (Å²) < 4.78 is 0. The van der Waals surface area contributed by atoms with Crippen molar-refractivity contribution >= 4 is 29.6 Å². The Labute approximate surface area is 241 Å². The predicted molar refractivity (Wildman–Crippen MR) is 143 cm³/mol. The molecule has 0 fully saturated rings. The summed E-state index contributed by atoms with van der Waals surface area (Å²) in [6.45, 7) is 23.0. The molecule has 0 nitrogen and oxygen atoms in total. The van der Waals surface area contributed by atoms with Crippen molar-refractivity contribution in [3.8, 4) is 0 Å². The largest absolute Gasteiger partial charge is 4.00 e. The fourth-order valence-electron chi connectivity index (χ4n) is 3.98. The molecule has 1 aliphatic rings. The third-order valence-corrected chi connectivity index (χ3v) is 8.28. The maximum Gasteiger partial charge on any atom is 4.00 e. The number of halogens is 2. The molecule has 4 heteroatoms. The van der Waals surface area contributed by atoms with E-state index in [9.17, 15) is 0 Å². The maximum atomic E-state index is 3.29. The number of allylic oxidation sites excluding steroid dienone is 4. The zero-order valence-corrected chi connectivity index (χ0v) is 27.5. The molecule has 0 amide bonds. The molecule has 1 unspecified atom stereocenters. The van der Waals surface area contributed by atoms with Gasteiger partial charge in [0.15, 0.2) is 0 Å². The second-order valence-electron chi connectivity index (χ2n) is 12.2. The van der Waals surface area contributed by atoms with Crippen LogP contribution in [0.3, 0.4) is 0 Å². The molecule has 0 aliphatic heterocycles. The second kappa shape index (κ2) is 12.1. The standard InChI is InChI=1S/C21H25.C9H15Si.2ClH.Zr/c1-20(2,3)16-9-7-14-11-15-8-10-17(21(4,5)6)13-19(15)18(14)12-16;1-8-5-6-9(7-8)10(2,3)4;;;/h7-13H,1-6H3;6-8H,1-4H3;2*1H;/q2*-1;;;+4/p-2. The van der Waals surface area contributed by atoms with Gasteiger partial charge < -0.3 is 24.8 Å². The Morgan fingerprint density at radius 2 is 1.18 bits per heavy atom. The molecule has 0 bridgehead atoms. The van der Waals surface area contributed by atoms with Crippen LogP contribution in [-0.4, -0.2) is 8.07 Å². The van der Waals surface area contributed by atoms with Crippen LogP contribution < -0.4 is 24.8 Å². The molecule has 0 aromatic heterocycles. The van der Waals surface area contributed by atoms with E-state index in [2.05, 4.69) is 129 Å². The average molecular weight is 591 g/mol. The summed E-state index contributed by atoms with van der Waals surface area (Å²) in [7, 11) is -1.02. The molecule has 0 radical (unpaired) electrons. The van der Waals surface area contributed by atoms with E-state index in [1.807, 2.05) is 0 Å². The molecule has 182 valence electrons. The van der Waals surface area contributed by atoms with Gasteiger partial charge in [-0.2, -0.15) is 6.08 Å².